The van der Waals surface area contributed by atoms with Crippen molar-refractivity contribution in [3.05, 3.63) is 42.7 Å². The van der Waals surface area contributed by atoms with Crippen LogP contribution in [0.2, 0.25) is 0 Å². The number of nitrogens with zero attached hydrogens (tertiary/aromatic N) is 3. The molecule has 1 saturated heterocycles. The number of benzene rings is 1. The van der Waals surface area contributed by atoms with E-state index in [1.807, 2.05) is 47.4 Å². The van der Waals surface area contributed by atoms with E-state index in [2.05, 4.69) is 15.3 Å². The number of hydrogen-bond donors (Lipinski definition) is 1. The molecule has 0 radical (unpaired) electrons. The highest BCUT2D eigenvalue weighted by atomic mass is 16.5. The summed E-state index contributed by atoms with van der Waals surface area (Å²) in [5.74, 6) is 1.41. The highest BCUT2D eigenvalue weighted by Gasteiger charge is 2.21. The molecule has 24 heavy (non-hydrogen) atoms. The van der Waals surface area contributed by atoms with Gasteiger partial charge in [-0.15, -0.1) is 0 Å². The molecule has 128 valence electrons. The SMILES string of the molecule is COc1cccc(NC(=O)CN2CCC(Cn3cccn3)CC2)c1. The summed E-state index contributed by atoms with van der Waals surface area (Å²) in [6.07, 6.45) is 6.03. The van der Waals surface area contributed by atoms with Crippen molar-refractivity contribution < 1.29 is 9.53 Å². The number of carbonyl (C=O) groups is 1. The number of rotatable bonds is 6. The number of carbonyl (C=O) groups excluding carboxylic acids is 1. The molecule has 1 aromatic carbocycles. The summed E-state index contributed by atoms with van der Waals surface area (Å²) in [5.41, 5.74) is 0.771. The maximum absolute atomic E-state index is 12.2. The summed E-state index contributed by atoms with van der Waals surface area (Å²) in [6.45, 7) is 3.32. The van der Waals surface area contributed by atoms with Gasteiger partial charge in [0, 0.05) is 30.7 Å². The Morgan fingerprint density at radius 3 is 2.88 bits per heavy atom. The van der Waals surface area contributed by atoms with Crippen LogP contribution in [0.5, 0.6) is 5.75 Å². The molecule has 0 spiro atoms. The lowest BCUT2D eigenvalue weighted by Gasteiger charge is -2.31. The van der Waals surface area contributed by atoms with E-state index < -0.39 is 0 Å². The molecule has 0 unspecified atom stereocenters. The Labute approximate surface area is 142 Å². The van der Waals surface area contributed by atoms with Crippen LogP contribution in [0.25, 0.3) is 0 Å². The van der Waals surface area contributed by atoms with E-state index >= 15 is 0 Å². The minimum atomic E-state index is 0.0220. The Balaban J connectivity index is 1.42. The Morgan fingerprint density at radius 1 is 1.33 bits per heavy atom. The first-order valence-corrected chi connectivity index (χ1v) is 8.36. The normalized spacial score (nSPS) is 16.0. The molecule has 1 amide bonds. The van der Waals surface area contributed by atoms with Gasteiger partial charge >= 0.3 is 0 Å². The molecule has 6 heteroatoms. The second kappa shape index (κ2) is 7.97. The number of aromatic nitrogens is 2. The third-order valence-corrected chi connectivity index (χ3v) is 4.43. The molecule has 1 fully saturated rings. The summed E-state index contributed by atoms with van der Waals surface area (Å²) in [5, 5.41) is 7.20. The molecular formula is C18H24N4O2. The molecule has 2 aromatic rings. The summed E-state index contributed by atoms with van der Waals surface area (Å²) in [6, 6.07) is 9.39. The van der Waals surface area contributed by atoms with Gasteiger partial charge < -0.3 is 10.1 Å². The molecule has 0 bridgehead atoms. The van der Waals surface area contributed by atoms with Gasteiger partial charge in [0.2, 0.25) is 5.91 Å². The minimum Gasteiger partial charge on any atom is -0.497 e. The van der Waals surface area contributed by atoms with Crippen molar-refractivity contribution >= 4 is 11.6 Å². The maximum Gasteiger partial charge on any atom is 0.238 e. The number of amides is 1. The largest absolute Gasteiger partial charge is 0.497 e. The standard InChI is InChI=1S/C18H24N4O2/c1-24-17-5-2-4-16(12-17)20-18(23)14-21-10-6-15(7-11-21)13-22-9-3-8-19-22/h2-5,8-9,12,15H,6-7,10-11,13-14H2,1H3,(H,20,23). The van der Waals surface area contributed by atoms with Gasteiger partial charge in [0.25, 0.3) is 0 Å². The third-order valence-electron chi connectivity index (χ3n) is 4.43. The zero-order valence-corrected chi connectivity index (χ0v) is 14.0. The molecule has 0 saturated carbocycles. The molecule has 0 atom stereocenters. The molecule has 3 rings (SSSR count). The average Bonchev–Trinajstić information content (AvgIpc) is 3.10. The zero-order chi connectivity index (χ0) is 16.8. The lowest BCUT2D eigenvalue weighted by Crippen LogP contribution is -2.40. The monoisotopic (exact) mass is 328 g/mol. The van der Waals surface area contributed by atoms with E-state index in [9.17, 15) is 4.79 Å². The van der Waals surface area contributed by atoms with Gasteiger partial charge in [-0.05, 0) is 50.0 Å². The van der Waals surface area contributed by atoms with E-state index in [0.29, 0.717) is 12.5 Å². The van der Waals surface area contributed by atoms with Crippen LogP contribution >= 0.6 is 0 Å². The molecular weight excluding hydrogens is 304 g/mol. The molecule has 1 aromatic heterocycles. The molecule has 1 aliphatic heterocycles. The molecule has 0 aliphatic carbocycles. The number of methoxy groups -OCH3 is 1. The maximum atomic E-state index is 12.2. The van der Waals surface area contributed by atoms with Crippen molar-refractivity contribution in [3.8, 4) is 5.75 Å². The van der Waals surface area contributed by atoms with E-state index in [1.54, 1.807) is 7.11 Å². The second-order valence-electron chi connectivity index (χ2n) is 6.23. The third kappa shape index (κ3) is 4.58. The van der Waals surface area contributed by atoms with Crippen LogP contribution < -0.4 is 10.1 Å². The van der Waals surface area contributed by atoms with Gasteiger partial charge in [-0.25, -0.2) is 0 Å². The summed E-state index contributed by atoms with van der Waals surface area (Å²) < 4.78 is 7.17. The van der Waals surface area contributed by atoms with Crippen LogP contribution in [0.1, 0.15) is 12.8 Å². The Morgan fingerprint density at radius 2 is 2.17 bits per heavy atom. The van der Waals surface area contributed by atoms with Crippen molar-refractivity contribution in [2.24, 2.45) is 5.92 Å². The smallest absolute Gasteiger partial charge is 0.238 e. The first-order valence-electron chi connectivity index (χ1n) is 8.36. The van der Waals surface area contributed by atoms with E-state index in [0.717, 1.165) is 43.9 Å². The van der Waals surface area contributed by atoms with Gasteiger partial charge in [0.15, 0.2) is 0 Å². The van der Waals surface area contributed by atoms with Crippen molar-refractivity contribution in [1.82, 2.24) is 14.7 Å². The van der Waals surface area contributed by atoms with Crippen LogP contribution in [0.3, 0.4) is 0 Å². The zero-order valence-electron chi connectivity index (χ0n) is 14.0. The highest BCUT2D eigenvalue weighted by Crippen LogP contribution is 2.19. The van der Waals surface area contributed by atoms with E-state index in [1.165, 1.54) is 0 Å². The summed E-state index contributed by atoms with van der Waals surface area (Å²) >= 11 is 0. The van der Waals surface area contributed by atoms with Crippen molar-refractivity contribution in [2.75, 3.05) is 32.1 Å². The van der Waals surface area contributed by atoms with Crippen molar-refractivity contribution in [1.29, 1.82) is 0 Å². The van der Waals surface area contributed by atoms with E-state index in [4.69, 9.17) is 4.74 Å². The minimum absolute atomic E-state index is 0.0220. The van der Waals surface area contributed by atoms with Gasteiger partial charge in [0.05, 0.1) is 13.7 Å². The van der Waals surface area contributed by atoms with Gasteiger partial charge in [-0.3, -0.25) is 14.4 Å². The number of piperidine rings is 1. The number of ether oxygens (including phenoxy) is 1. The first kappa shape index (κ1) is 16.5. The van der Waals surface area contributed by atoms with E-state index in [-0.39, 0.29) is 5.91 Å². The Bertz CT molecular complexity index is 649. The molecule has 1 aliphatic rings. The lowest BCUT2D eigenvalue weighted by molar-refractivity contribution is -0.117. The lowest BCUT2D eigenvalue weighted by atomic mass is 9.97. The molecule has 1 N–H and O–H groups in total. The summed E-state index contributed by atoms with van der Waals surface area (Å²) in [4.78, 5) is 14.4. The van der Waals surface area contributed by atoms with Crippen LogP contribution in [0.15, 0.2) is 42.7 Å². The number of hydrogen-bond acceptors (Lipinski definition) is 4. The van der Waals surface area contributed by atoms with Crippen LogP contribution in [0.4, 0.5) is 5.69 Å². The van der Waals surface area contributed by atoms with Gasteiger partial charge in [-0.2, -0.15) is 5.10 Å². The average molecular weight is 328 g/mol. The second-order valence-corrected chi connectivity index (χ2v) is 6.23. The molecule has 6 nitrogen and oxygen atoms in total. The van der Waals surface area contributed by atoms with Crippen molar-refractivity contribution in [3.63, 3.8) is 0 Å². The van der Waals surface area contributed by atoms with Crippen LogP contribution in [-0.4, -0.2) is 47.3 Å². The molecule has 2 heterocycles. The van der Waals surface area contributed by atoms with Gasteiger partial charge in [-0.1, -0.05) is 6.07 Å². The van der Waals surface area contributed by atoms with Crippen LogP contribution in [-0.2, 0) is 11.3 Å². The fraction of sp³-hybridized carbons (Fsp3) is 0.444. The quantitative estimate of drug-likeness (QED) is 0.883. The number of likely N-dealkylation sites (tertiary alicyclic amines) is 1. The highest BCUT2D eigenvalue weighted by molar-refractivity contribution is 5.92. The predicted octanol–water partition coefficient (Wildman–Crippen LogP) is 2.24. The fourth-order valence-electron chi connectivity index (χ4n) is 3.10. The summed E-state index contributed by atoms with van der Waals surface area (Å²) in [7, 11) is 1.62. The Kier molecular flexibility index (Phi) is 5.48. The van der Waals surface area contributed by atoms with Crippen LogP contribution in [0, 0.1) is 5.92 Å². The number of anilines is 1. The van der Waals surface area contributed by atoms with Crippen molar-refractivity contribution in [2.45, 2.75) is 19.4 Å². The first-order chi connectivity index (χ1) is 11.7. The predicted molar refractivity (Wildman–Crippen MR) is 93.0 cm³/mol. The number of nitrogens with one attached hydrogen (secondary N) is 1. The fourth-order valence-corrected chi connectivity index (χ4v) is 3.10. The van der Waals surface area contributed by atoms with Gasteiger partial charge in [0.1, 0.15) is 5.75 Å². The topological polar surface area (TPSA) is 59.4 Å². The Hall–Kier alpha value is -2.34.